The summed E-state index contributed by atoms with van der Waals surface area (Å²) in [6.07, 6.45) is 7.57. The number of alkyl halides is 2. The second-order valence-corrected chi connectivity index (χ2v) is 8.25. The molecular formula is C23H22F3N3O3. The number of ether oxygens (including phenoxy) is 2. The molecule has 0 saturated heterocycles. The number of nitrogens with zero attached hydrogens (tertiary/aromatic N) is 2. The highest BCUT2D eigenvalue weighted by Gasteiger charge is 2.29. The Morgan fingerprint density at radius 2 is 1.94 bits per heavy atom. The molecular weight excluding hydrogens is 423 g/mol. The summed E-state index contributed by atoms with van der Waals surface area (Å²) in [6, 6.07) is 4.63. The van der Waals surface area contributed by atoms with E-state index < -0.39 is 12.5 Å². The Morgan fingerprint density at radius 3 is 2.56 bits per heavy atom. The average molecular weight is 445 g/mol. The number of aromatic nitrogens is 2. The summed E-state index contributed by atoms with van der Waals surface area (Å²) < 4.78 is 52.7. The number of imidazole rings is 1. The highest BCUT2D eigenvalue weighted by molar-refractivity contribution is 6.01. The summed E-state index contributed by atoms with van der Waals surface area (Å²) in [5.74, 6) is -0.902. The van der Waals surface area contributed by atoms with E-state index in [-0.39, 0.29) is 34.8 Å². The first-order chi connectivity index (χ1) is 15.4. The number of pyridine rings is 1. The number of amides is 1. The van der Waals surface area contributed by atoms with Gasteiger partial charge in [-0.25, -0.2) is 9.37 Å². The first kappa shape index (κ1) is 20.7. The van der Waals surface area contributed by atoms with Gasteiger partial charge in [0, 0.05) is 17.8 Å². The molecule has 0 unspecified atom stereocenters. The van der Waals surface area contributed by atoms with Crippen LogP contribution in [-0.2, 0) is 0 Å². The maximum Gasteiger partial charge on any atom is 0.387 e. The zero-order valence-corrected chi connectivity index (χ0v) is 17.4. The Hall–Kier alpha value is -3.23. The van der Waals surface area contributed by atoms with Crippen molar-refractivity contribution in [2.24, 2.45) is 0 Å². The van der Waals surface area contributed by atoms with E-state index in [0.717, 1.165) is 32.1 Å². The Morgan fingerprint density at radius 1 is 1.19 bits per heavy atom. The number of carbonyl (C=O) groups is 1. The Bertz CT molecular complexity index is 1190. The number of hydrogen-bond donors (Lipinski definition) is 1. The third kappa shape index (κ3) is 3.76. The predicted octanol–water partition coefficient (Wildman–Crippen LogP) is 4.91. The lowest BCUT2D eigenvalue weighted by Crippen LogP contribution is -2.26. The van der Waals surface area contributed by atoms with Crippen LogP contribution in [0.2, 0.25) is 0 Å². The molecule has 0 spiro atoms. The van der Waals surface area contributed by atoms with Crippen LogP contribution in [-0.4, -0.2) is 35.1 Å². The van der Waals surface area contributed by atoms with Crippen molar-refractivity contribution in [3.63, 3.8) is 0 Å². The second-order valence-electron chi connectivity index (χ2n) is 8.25. The van der Waals surface area contributed by atoms with Gasteiger partial charge >= 0.3 is 6.61 Å². The SMILES string of the molecule is COc1cc(-c2cnc3cc(C4CCC4)c(F)cn23)cc(OC(F)F)c1C(=O)NC1CC1. The molecule has 9 heteroatoms. The molecule has 0 bridgehead atoms. The molecule has 2 heterocycles. The van der Waals surface area contributed by atoms with E-state index in [1.165, 1.54) is 25.6 Å². The molecule has 1 aromatic carbocycles. The molecule has 0 radical (unpaired) electrons. The number of carbonyl (C=O) groups excluding carboxylic acids is 1. The van der Waals surface area contributed by atoms with Crippen molar-refractivity contribution in [3.05, 3.63) is 47.5 Å². The van der Waals surface area contributed by atoms with E-state index in [1.54, 1.807) is 16.5 Å². The molecule has 2 fully saturated rings. The molecule has 2 aromatic heterocycles. The average Bonchev–Trinajstić information content (AvgIpc) is 3.43. The fourth-order valence-electron chi connectivity index (χ4n) is 4.06. The van der Waals surface area contributed by atoms with Gasteiger partial charge in [-0.05, 0) is 55.4 Å². The number of fused-ring (bicyclic) bond motifs is 1. The molecule has 5 rings (SSSR count). The maximum absolute atomic E-state index is 14.8. The van der Waals surface area contributed by atoms with Crippen molar-refractivity contribution in [3.8, 4) is 22.8 Å². The molecule has 32 heavy (non-hydrogen) atoms. The van der Waals surface area contributed by atoms with Crippen LogP contribution in [0.1, 0.15) is 53.9 Å². The Kier molecular flexibility index (Phi) is 5.19. The summed E-state index contributed by atoms with van der Waals surface area (Å²) in [4.78, 5) is 17.1. The van der Waals surface area contributed by atoms with Crippen LogP contribution in [0.25, 0.3) is 16.9 Å². The van der Waals surface area contributed by atoms with Crippen LogP contribution in [0.3, 0.4) is 0 Å². The standard InChI is InChI=1S/C23H22F3N3O3/c1-31-18-7-13(8-19(32-23(25)26)21(18)22(30)28-14-5-6-14)17-10-27-20-9-15(12-3-2-4-12)16(24)11-29(17)20/h7-12,14,23H,2-6H2,1H3,(H,28,30). The van der Waals surface area contributed by atoms with Crippen molar-refractivity contribution in [1.29, 1.82) is 0 Å². The Labute approximate surface area is 182 Å². The normalized spacial score (nSPS) is 16.3. The predicted molar refractivity (Wildman–Crippen MR) is 111 cm³/mol. The molecule has 2 saturated carbocycles. The number of rotatable bonds is 7. The van der Waals surface area contributed by atoms with Gasteiger partial charge in [0.05, 0.1) is 19.0 Å². The molecule has 1 amide bonds. The van der Waals surface area contributed by atoms with Gasteiger partial charge in [-0.1, -0.05) is 6.42 Å². The van der Waals surface area contributed by atoms with E-state index in [2.05, 4.69) is 15.0 Å². The molecule has 1 N–H and O–H groups in total. The zero-order valence-electron chi connectivity index (χ0n) is 17.4. The van der Waals surface area contributed by atoms with Crippen LogP contribution in [0.15, 0.2) is 30.6 Å². The Balaban J connectivity index is 1.60. The first-order valence-electron chi connectivity index (χ1n) is 10.6. The van der Waals surface area contributed by atoms with Crippen LogP contribution in [0, 0.1) is 5.82 Å². The van der Waals surface area contributed by atoms with E-state index in [0.29, 0.717) is 22.5 Å². The molecule has 0 atom stereocenters. The molecule has 168 valence electrons. The van der Waals surface area contributed by atoms with Crippen LogP contribution >= 0.6 is 0 Å². The van der Waals surface area contributed by atoms with E-state index in [1.807, 2.05) is 0 Å². The quantitative estimate of drug-likeness (QED) is 0.561. The molecule has 3 aromatic rings. The number of benzene rings is 1. The summed E-state index contributed by atoms with van der Waals surface area (Å²) in [5, 5.41) is 2.77. The van der Waals surface area contributed by atoms with E-state index >= 15 is 0 Å². The lowest BCUT2D eigenvalue weighted by molar-refractivity contribution is -0.0502. The van der Waals surface area contributed by atoms with Gasteiger partial charge in [0.2, 0.25) is 0 Å². The van der Waals surface area contributed by atoms with E-state index in [4.69, 9.17) is 4.74 Å². The van der Waals surface area contributed by atoms with Gasteiger partial charge in [0.1, 0.15) is 28.5 Å². The summed E-state index contributed by atoms with van der Waals surface area (Å²) in [7, 11) is 1.35. The molecule has 0 aliphatic heterocycles. The fraction of sp³-hybridized carbons (Fsp3) is 0.391. The maximum atomic E-state index is 14.8. The van der Waals surface area contributed by atoms with Crippen molar-refractivity contribution >= 4 is 11.6 Å². The van der Waals surface area contributed by atoms with E-state index in [9.17, 15) is 18.0 Å². The fourth-order valence-corrected chi connectivity index (χ4v) is 4.06. The first-order valence-corrected chi connectivity index (χ1v) is 10.6. The minimum Gasteiger partial charge on any atom is -0.496 e. The number of methoxy groups -OCH3 is 1. The van der Waals surface area contributed by atoms with Gasteiger partial charge in [-0.2, -0.15) is 8.78 Å². The van der Waals surface area contributed by atoms with Gasteiger partial charge in [-0.15, -0.1) is 0 Å². The summed E-state index contributed by atoms with van der Waals surface area (Å²) in [6.45, 7) is -3.13. The minimum atomic E-state index is -3.13. The van der Waals surface area contributed by atoms with Crippen molar-refractivity contribution < 1.29 is 27.4 Å². The van der Waals surface area contributed by atoms with Gasteiger partial charge in [-0.3, -0.25) is 9.20 Å². The molecule has 2 aliphatic carbocycles. The zero-order chi connectivity index (χ0) is 22.4. The third-order valence-corrected chi connectivity index (χ3v) is 6.11. The molecule has 2 aliphatic rings. The lowest BCUT2D eigenvalue weighted by Gasteiger charge is -2.26. The number of halogens is 3. The molecule has 6 nitrogen and oxygen atoms in total. The highest BCUT2D eigenvalue weighted by atomic mass is 19.3. The van der Waals surface area contributed by atoms with Gasteiger partial charge in [0.25, 0.3) is 5.91 Å². The summed E-state index contributed by atoms with van der Waals surface area (Å²) >= 11 is 0. The summed E-state index contributed by atoms with van der Waals surface area (Å²) in [5.41, 5.74) is 1.96. The van der Waals surface area contributed by atoms with Crippen molar-refractivity contribution in [1.82, 2.24) is 14.7 Å². The lowest BCUT2D eigenvalue weighted by atomic mass is 9.80. The highest BCUT2D eigenvalue weighted by Crippen LogP contribution is 2.40. The monoisotopic (exact) mass is 445 g/mol. The van der Waals surface area contributed by atoms with Gasteiger partial charge < -0.3 is 14.8 Å². The van der Waals surface area contributed by atoms with Crippen LogP contribution in [0.5, 0.6) is 11.5 Å². The van der Waals surface area contributed by atoms with Crippen molar-refractivity contribution in [2.45, 2.75) is 50.7 Å². The van der Waals surface area contributed by atoms with Gasteiger partial charge in [0.15, 0.2) is 0 Å². The topological polar surface area (TPSA) is 64.9 Å². The number of hydrogen-bond acceptors (Lipinski definition) is 4. The van der Waals surface area contributed by atoms with Crippen LogP contribution < -0.4 is 14.8 Å². The van der Waals surface area contributed by atoms with Crippen molar-refractivity contribution in [2.75, 3.05) is 7.11 Å². The smallest absolute Gasteiger partial charge is 0.387 e. The number of nitrogens with one attached hydrogen (secondary N) is 1. The third-order valence-electron chi connectivity index (χ3n) is 6.11. The van der Waals surface area contributed by atoms with Crippen LogP contribution in [0.4, 0.5) is 13.2 Å². The largest absolute Gasteiger partial charge is 0.496 e. The second kappa shape index (κ2) is 8.03. The minimum absolute atomic E-state index is 0.0258.